The van der Waals surface area contributed by atoms with Crippen LogP contribution in [0.25, 0.3) is 0 Å². The average molecular weight is 492 g/mol. The number of hydrogen-bond acceptors (Lipinski definition) is 6. The molecule has 0 spiro atoms. The van der Waals surface area contributed by atoms with Gasteiger partial charge in [-0.15, -0.1) is 0 Å². The highest BCUT2D eigenvalue weighted by Crippen LogP contribution is 2.51. The van der Waals surface area contributed by atoms with Crippen molar-refractivity contribution in [2.75, 3.05) is 25.0 Å². The van der Waals surface area contributed by atoms with Gasteiger partial charge in [0, 0.05) is 48.8 Å². The zero-order valence-electron chi connectivity index (χ0n) is 20.7. The van der Waals surface area contributed by atoms with E-state index >= 15 is 0 Å². The Morgan fingerprint density at radius 2 is 1.83 bits per heavy atom. The molecule has 3 saturated carbocycles. The van der Waals surface area contributed by atoms with Gasteiger partial charge in [-0.05, 0) is 73.3 Å². The van der Waals surface area contributed by atoms with Gasteiger partial charge >= 0.3 is 0 Å². The van der Waals surface area contributed by atoms with E-state index in [2.05, 4.69) is 23.5 Å². The quantitative estimate of drug-likeness (QED) is 0.443. The van der Waals surface area contributed by atoms with Crippen LogP contribution >= 0.6 is 0 Å². The van der Waals surface area contributed by atoms with Crippen molar-refractivity contribution in [1.29, 1.82) is 0 Å². The number of fused-ring (bicyclic) bond motifs is 3. The maximum atomic E-state index is 13.3. The van der Waals surface area contributed by atoms with Crippen molar-refractivity contribution < 1.29 is 19.8 Å². The fourth-order valence-corrected chi connectivity index (χ4v) is 6.72. The minimum Gasteiger partial charge on any atom is -0.390 e. The van der Waals surface area contributed by atoms with Gasteiger partial charge in [0.25, 0.3) is 5.91 Å². The SMILES string of the molecule is NCc1cccc(C2CCN(C(=O)c3cccc(NCC4(C=O)CC5CCC4C(O)C5O)c3)CC2)c1. The minimum atomic E-state index is -0.863. The van der Waals surface area contributed by atoms with Gasteiger partial charge in [-0.3, -0.25) is 4.79 Å². The Balaban J connectivity index is 1.21. The van der Waals surface area contributed by atoms with Crippen LogP contribution in [0.1, 0.15) is 59.5 Å². The Kier molecular flexibility index (Phi) is 7.15. The number of anilines is 1. The number of rotatable bonds is 7. The highest BCUT2D eigenvalue weighted by molar-refractivity contribution is 5.95. The van der Waals surface area contributed by atoms with Crippen LogP contribution in [0.2, 0.25) is 0 Å². The Labute approximate surface area is 212 Å². The summed E-state index contributed by atoms with van der Waals surface area (Å²) in [5, 5.41) is 24.2. The first-order valence-electron chi connectivity index (χ1n) is 13.2. The van der Waals surface area contributed by atoms with Gasteiger partial charge in [-0.1, -0.05) is 30.3 Å². The van der Waals surface area contributed by atoms with E-state index in [1.54, 1.807) is 0 Å². The first-order chi connectivity index (χ1) is 17.4. The summed E-state index contributed by atoms with van der Waals surface area (Å²) >= 11 is 0. The number of hydrogen-bond donors (Lipinski definition) is 4. The number of nitrogens with two attached hydrogens (primary N) is 1. The molecule has 1 aliphatic heterocycles. The Morgan fingerprint density at radius 1 is 1.06 bits per heavy atom. The molecule has 5 unspecified atom stereocenters. The Morgan fingerprint density at radius 3 is 2.56 bits per heavy atom. The number of carbonyl (C=O) groups is 2. The summed E-state index contributed by atoms with van der Waals surface area (Å²) in [4.78, 5) is 27.4. The number of benzene rings is 2. The van der Waals surface area contributed by atoms with Gasteiger partial charge in [-0.2, -0.15) is 0 Å². The van der Waals surface area contributed by atoms with E-state index in [4.69, 9.17) is 5.73 Å². The lowest BCUT2D eigenvalue weighted by Crippen LogP contribution is -2.59. The summed E-state index contributed by atoms with van der Waals surface area (Å²) < 4.78 is 0. The zero-order chi connectivity index (χ0) is 25.3. The molecule has 2 bridgehead atoms. The summed E-state index contributed by atoms with van der Waals surface area (Å²) in [5.41, 5.74) is 8.94. The number of likely N-dealkylation sites (tertiary alicyclic amines) is 1. The van der Waals surface area contributed by atoms with Crippen molar-refractivity contribution in [3.05, 3.63) is 65.2 Å². The van der Waals surface area contributed by atoms with Crippen molar-refractivity contribution in [2.45, 2.75) is 56.8 Å². The van der Waals surface area contributed by atoms with E-state index in [9.17, 15) is 19.8 Å². The molecular weight excluding hydrogens is 454 g/mol. The number of aldehydes is 1. The second-order valence-corrected chi connectivity index (χ2v) is 10.9. The van der Waals surface area contributed by atoms with E-state index in [0.717, 1.165) is 43.2 Å². The van der Waals surface area contributed by atoms with Crippen LogP contribution in [0.4, 0.5) is 5.69 Å². The molecule has 2 aromatic rings. The fourth-order valence-electron chi connectivity index (χ4n) is 6.72. The number of carbonyl (C=O) groups excluding carboxylic acids is 2. The van der Waals surface area contributed by atoms with Gasteiger partial charge in [0.15, 0.2) is 0 Å². The number of piperidine rings is 1. The summed E-state index contributed by atoms with van der Waals surface area (Å²) in [6.07, 6.45) is 3.38. The molecule has 1 heterocycles. The van der Waals surface area contributed by atoms with Crippen LogP contribution in [-0.2, 0) is 11.3 Å². The topological polar surface area (TPSA) is 116 Å². The fraction of sp³-hybridized carbons (Fsp3) is 0.517. The number of amides is 1. The molecule has 0 aromatic heterocycles. The minimum absolute atomic E-state index is 0.0215. The molecule has 3 aliphatic carbocycles. The molecule has 0 radical (unpaired) electrons. The third-order valence-corrected chi connectivity index (χ3v) is 8.88. The van der Waals surface area contributed by atoms with Crippen molar-refractivity contribution in [2.24, 2.45) is 23.0 Å². The maximum Gasteiger partial charge on any atom is 0.253 e. The van der Waals surface area contributed by atoms with Crippen LogP contribution in [0, 0.1) is 17.3 Å². The summed E-state index contributed by atoms with van der Waals surface area (Å²) in [7, 11) is 0. The summed E-state index contributed by atoms with van der Waals surface area (Å²) in [6, 6.07) is 15.9. The van der Waals surface area contributed by atoms with E-state index in [0.29, 0.717) is 44.1 Å². The van der Waals surface area contributed by atoms with Crippen molar-refractivity contribution in [3.63, 3.8) is 0 Å². The van der Waals surface area contributed by atoms with Crippen molar-refractivity contribution in [1.82, 2.24) is 4.90 Å². The smallest absolute Gasteiger partial charge is 0.253 e. The number of aliphatic hydroxyl groups is 2. The second kappa shape index (κ2) is 10.3. The molecular formula is C29H37N3O4. The van der Waals surface area contributed by atoms with E-state index in [1.807, 2.05) is 35.2 Å². The molecule has 4 fully saturated rings. The van der Waals surface area contributed by atoms with E-state index in [1.165, 1.54) is 5.56 Å². The molecule has 2 aromatic carbocycles. The van der Waals surface area contributed by atoms with Crippen LogP contribution in [0.3, 0.4) is 0 Å². The molecule has 192 valence electrons. The Hall–Kier alpha value is -2.74. The Bertz CT molecular complexity index is 1100. The van der Waals surface area contributed by atoms with Crippen molar-refractivity contribution >= 4 is 17.9 Å². The molecule has 5 N–H and O–H groups in total. The largest absolute Gasteiger partial charge is 0.390 e. The van der Waals surface area contributed by atoms with Gasteiger partial charge in [0.05, 0.1) is 12.2 Å². The second-order valence-electron chi connectivity index (χ2n) is 10.9. The molecule has 5 atom stereocenters. The first-order valence-corrected chi connectivity index (χ1v) is 13.2. The van der Waals surface area contributed by atoms with Crippen LogP contribution in [0.5, 0.6) is 0 Å². The van der Waals surface area contributed by atoms with Crippen LogP contribution in [0.15, 0.2) is 48.5 Å². The maximum absolute atomic E-state index is 13.3. The summed E-state index contributed by atoms with van der Waals surface area (Å²) in [6.45, 7) is 2.34. The molecule has 1 amide bonds. The van der Waals surface area contributed by atoms with Crippen LogP contribution in [-0.4, -0.2) is 59.1 Å². The normalized spacial score (nSPS) is 30.2. The van der Waals surface area contributed by atoms with Crippen molar-refractivity contribution in [3.8, 4) is 0 Å². The predicted octanol–water partition coefficient (Wildman–Crippen LogP) is 2.91. The molecule has 7 nitrogen and oxygen atoms in total. The number of nitrogens with one attached hydrogen (secondary N) is 1. The third kappa shape index (κ3) is 4.67. The predicted molar refractivity (Wildman–Crippen MR) is 138 cm³/mol. The van der Waals surface area contributed by atoms with Gasteiger partial charge in [0.1, 0.15) is 6.29 Å². The van der Waals surface area contributed by atoms with Crippen LogP contribution < -0.4 is 11.1 Å². The monoisotopic (exact) mass is 491 g/mol. The number of nitrogens with zero attached hydrogens (tertiary/aromatic N) is 1. The molecule has 7 heteroatoms. The molecule has 1 saturated heterocycles. The zero-order valence-corrected chi connectivity index (χ0v) is 20.7. The van der Waals surface area contributed by atoms with E-state index in [-0.39, 0.29) is 17.7 Å². The average Bonchev–Trinajstić information content (AvgIpc) is 2.94. The molecule has 6 rings (SSSR count). The summed E-state index contributed by atoms with van der Waals surface area (Å²) in [5.74, 6) is 0.158. The number of aliphatic hydroxyl groups excluding tert-OH is 2. The lowest BCUT2D eigenvalue weighted by molar-refractivity contribution is -0.167. The first kappa shape index (κ1) is 24.9. The lowest BCUT2D eigenvalue weighted by atomic mass is 9.54. The van der Waals surface area contributed by atoms with E-state index < -0.39 is 17.6 Å². The highest BCUT2D eigenvalue weighted by atomic mass is 16.3. The van der Waals surface area contributed by atoms with Gasteiger partial charge < -0.3 is 31.0 Å². The van der Waals surface area contributed by atoms with Gasteiger partial charge in [0.2, 0.25) is 0 Å². The molecule has 4 aliphatic rings. The molecule has 36 heavy (non-hydrogen) atoms. The van der Waals surface area contributed by atoms with Gasteiger partial charge in [-0.25, -0.2) is 0 Å². The third-order valence-electron chi connectivity index (χ3n) is 8.88. The lowest BCUT2D eigenvalue weighted by Gasteiger charge is -2.53. The highest BCUT2D eigenvalue weighted by Gasteiger charge is 2.55. The standard InChI is InChI=1S/C29H37N3O4/c30-16-19-3-1-4-21(13-19)20-9-11-32(12-10-20)28(36)22-5-2-6-24(14-22)31-17-29(18-33)15-23-7-8-25(29)27(35)26(23)34/h1-6,13-14,18,20,23,25-27,31,34-35H,7-12,15-17,30H2.